The third-order valence-corrected chi connectivity index (χ3v) is 2.56. The van der Waals surface area contributed by atoms with Crippen LogP contribution in [0.4, 0.5) is 4.39 Å². The highest BCUT2D eigenvalue weighted by Gasteiger charge is 2.13. The maximum absolute atomic E-state index is 12.8. The molecule has 6 nitrogen and oxygen atoms in total. The number of aliphatic carboxylic acids is 1. The highest BCUT2D eigenvalue weighted by Crippen LogP contribution is 2.14. The molecule has 0 bridgehead atoms. The Morgan fingerprint density at radius 3 is 2.52 bits per heavy atom. The van der Waals surface area contributed by atoms with Crippen molar-refractivity contribution in [1.29, 1.82) is 0 Å². The first-order valence-corrected chi connectivity index (χ1v) is 5.83. The van der Waals surface area contributed by atoms with E-state index in [9.17, 15) is 19.1 Å². The Bertz CT molecular complexity index is 702. The first-order chi connectivity index (χ1) is 9.95. The van der Waals surface area contributed by atoms with Crippen molar-refractivity contribution in [2.45, 2.75) is 6.42 Å². The van der Waals surface area contributed by atoms with E-state index in [0.717, 1.165) is 11.8 Å². The summed E-state index contributed by atoms with van der Waals surface area (Å²) in [4.78, 5) is 25.2. The highest BCUT2D eigenvalue weighted by atomic mass is 19.1. The minimum absolute atomic E-state index is 0.0540. The summed E-state index contributed by atoms with van der Waals surface area (Å²) in [6.07, 6.45) is 1.90. The van der Waals surface area contributed by atoms with Gasteiger partial charge in [-0.3, -0.25) is 4.79 Å². The van der Waals surface area contributed by atoms with Crippen molar-refractivity contribution >= 4 is 17.5 Å². The van der Waals surface area contributed by atoms with Crippen LogP contribution in [0.1, 0.15) is 17.1 Å². The Morgan fingerprint density at radius 1 is 1.24 bits per heavy atom. The lowest BCUT2D eigenvalue weighted by Gasteiger charge is -1.96. The van der Waals surface area contributed by atoms with Crippen LogP contribution in [0.25, 0.3) is 5.76 Å². The van der Waals surface area contributed by atoms with Crippen molar-refractivity contribution in [3.05, 3.63) is 59.6 Å². The first kappa shape index (κ1) is 14.4. The van der Waals surface area contributed by atoms with E-state index in [1.165, 1.54) is 12.1 Å². The molecule has 0 aliphatic rings. The van der Waals surface area contributed by atoms with Crippen molar-refractivity contribution in [3.8, 4) is 0 Å². The molecule has 2 N–H and O–H groups in total. The zero-order chi connectivity index (χ0) is 15.4. The van der Waals surface area contributed by atoms with E-state index in [0.29, 0.717) is 6.08 Å². The van der Waals surface area contributed by atoms with Gasteiger partial charge in [0.2, 0.25) is 0 Å². The lowest BCUT2D eigenvalue weighted by molar-refractivity contribution is -0.146. The van der Waals surface area contributed by atoms with Gasteiger partial charge in [-0.05, 0) is 17.7 Å². The summed E-state index contributed by atoms with van der Waals surface area (Å²) in [5.41, 5.74) is 0.691. The lowest BCUT2D eigenvalue weighted by Crippen LogP contribution is -2.09. The molecule has 1 aromatic carbocycles. The minimum Gasteiger partial charge on any atom is -0.505 e. The number of nitrogens with zero attached hydrogens (tertiary/aromatic N) is 1. The van der Waals surface area contributed by atoms with Gasteiger partial charge in [0.25, 0.3) is 5.78 Å². The second-order valence-electron chi connectivity index (χ2n) is 4.13. The molecule has 0 fully saturated rings. The molecule has 7 heteroatoms. The van der Waals surface area contributed by atoms with E-state index in [1.54, 1.807) is 12.1 Å². The van der Waals surface area contributed by atoms with Crippen LogP contribution < -0.4 is 0 Å². The second-order valence-corrected chi connectivity index (χ2v) is 4.13. The first-order valence-electron chi connectivity index (χ1n) is 5.83. The van der Waals surface area contributed by atoms with Crippen LogP contribution in [-0.2, 0) is 16.0 Å². The van der Waals surface area contributed by atoms with Crippen molar-refractivity contribution in [2.75, 3.05) is 0 Å². The largest absolute Gasteiger partial charge is 0.505 e. The van der Waals surface area contributed by atoms with E-state index in [-0.39, 0.29) is 23.8 Å². The van der Waals surface area contributed by atoms with Crippen LogP contribution in [-0.4, -0.2) is 26.9 Å². The van der Waals surface area contributed by atoms with Crippen LogP contribution in [0.15, 0.2) is 41.0 Å². The molecule has 21 heavy (non-hydrogen) atoms. The number of aliphatic hydroxyl groups is 1. The number of aliphatic hydroxyl groups excluding tert-OH is 1. The smallest absolute Gasteiger partial charge is 0.376 e. The van der Waals surface area contributed by atoms with Gasteiger partial charge in [0.15, 0.2) is 5.89 Å². The molecule has 2 aromatic rings. The predicted molar refractivity (Wildman–Crippen MR) is 69.0 cm³/mol. The van der Waals surface area contributed by atoms with Gasteiger partial charge in [-0.25, -0.2) is 14.2 Å². The number of hydrogen-bond donors (Lipinski definition) is 2. The van der Waals surface area contributed by atoms with Crippen molar-refractivity contribution in [2.24, 2.45) is 0 Å². The molecule has 0 spiro atoms. The average Bonchev–Trinajstić information content (AvgIpc) is 2.90. The SMILES string of the molecule is O=C(O)C(=O)/C=C(\O)c1coc(Cc2ccc(F)cc2)n1. The Balaban J connectivity index is 2.12. The molecule has 0 aliphatic heterocycles. The fourth-order valence-corrected chi connectivity index (χ4v) is 1.55. The number of carbonyl (C=O) groups excluding carboxylic acids is 1. The maximum Gasteiger partial charge on any atom is 0.376 e. The number of ketones is 1. The van der Waals surface area contributed by atoms with Crippen LogP contribution >= 0.6 is 0 Å². The molecule has 108 valence electrons. The topological polar surface area (TPSA) is 101 Å². The van der Waals surface area contributed by atoms with Gasteiger partial charge in [0.05, 0.1) is 0 Å². The van der Waals surface area contributed by atoms with Gasteiger partial charge >= 0.3 is 5.97 Å². The average molecular weight is 291 g/mol. The normalized spacial score (nSPS) is 11.4. The van der Waals surface area contributed by atoms with Crippen LogP contribution in [0.3, 0.4) is 0 Å². The maximum atomic E-state index is 12.8. The van der Waals surface area contributed by atoms with Crippen LogP contribution in [0.2, 0.25) is 0 Å². The molecular weight excluding hydrogens is 281 g/mol. The molecule has 2 rings (SSSR count). The Kier molecular flexibility index (Phi) is 4.13. The molecule has 0 unspecified atom stereocenters. The minimum atomic E-state index is -1.68. The molecule has 0 saturated heterocycles. The third kappa shape index (κ3) is 3.75. The Labute approximate surface area is 118 Å². The molecule has 1 heterocycles. The fourth-order valence-electron chi connectivity index (χ4n) is 1.55. The quantitative estimate of drug-likeness (QED) is 0.496. The number of benzene rings is 1. The summed E-state index contributed by atoms with van der Waals surface area (Å²) in [5.74, 6) is -3.68. The van der Waals surface area contributed by atoms with Crippen molar-refractivity contribution in [3.63, 3.8) is 0 Å². The second kappa shape index (κ2) is 6.00. The summed E-state index contributed by atoms with van der Waals surface area (Å²) in [6.45, 7) is 0. The molecule has 0 radical (unpaired) electrons. The summed E-state index contributed by atoms with van der Waals surface area (Å²) in [7, 11) is 0. The summed E-state index contributed by atoms with van der Waals surface area (Å²) < 4.78 is 17.9. The standard InChI is InChI=1S/C14H10FNO5/c15-9-3-1-8(2-4-9)5-13-16-10(7-21-13)11(17)6-12(18)14(19)20/h1-4,6-7,17H,5H2,(H,19,20)/b11-6-. The molecule has 0 amide bonds. The summed E-state index contributed by atoms with van der Waals surface area (Å²) >= 11 is 0. The van der Waals surface area contributed by atoms with Crippen LogP contribution in [0.5, 0.6) is 0 Å². The zero-order valence-corrected chi connectivity index (χ0v) is 10.6. The van der Waals surface area contributed by atoms with Crippen molar-refractivity contribution in [1.82, 2.24) is 4.98 Å². The van der Waals surface area contributed by atoms with E-state index >= 15 is 0 Å². The number of carboxylic acid groups (broad SMARTS) is 1. The lowest BCUT2D eigenvalue weighted by atomic mass is 10.1. The molecule has 0 atom stereocenters. The van der Waals surface area contributed by atoms with Gasteiger partial charge in [0.1, 0.15) is 23.5 Å². The Hall–Kier alpha value is -2.96. The van der Waals surface area contributed by atoms with E-state index in [1.807, 2.05) is 0 Å². The van der Waals surface area contributed by atoms with Gasteiger partial charge < -0.3 is 14.6 Å². The molecular formula is C14H10FNO5. The number of halogens is 1. The van der Waals surface area contributed by atoms with E-state index in [4.69, 9.17) is 9.52 Å². The van der Waals surface area contributed by atoms with Gasteiger partial charge in [-0.15, -0.1) is 0 Å². The molecule has 0 saturated carbocycles. The summed E-state index contributed by atoms with van der Waals surface area (Å²) in [5, 5.41) is 18.0. The number of hydrogen-bond acceptors (Lipinski definition) is 5. The van der Waals surface area contributed by atoms with Gasteiger partial charge in [-0.2, -0.15) is 0 Å². The number of carbonyl (C=O) groups is 2. The summed E-state index contributed by atoms with van der Waals surface area (Å²) in [6, 6.07) is 5.70. The van der Waals surface area contributed by atoms with E-state index in [2.05, 4.69) is 4.98 Å². The molecule has 0 aliphatic carbocycles. The van der Waals surface area contributed by atoms with Crippen molar-refractivity contribution < 1.29 is 28.6 Å². The van der Waals surface area contributed by atoms with E-state index < -0.39 is 17.5 Å². The zero-order valence-electron chi connectivity index (χ0n) is 10.6. The number of rotatable bonds is 5. The predicted octanol–water partition coefficient (Wildman–Crippen LogP) is 1.96. The number of aromatic nitrogens is 1. The number of oxazole rings is 1. The van der Waals surface area contributed by atoms with Gasteiger partial charge in [-0.1, -0.05) is 12.1 Å². The Morgan fingerprint density at radius 2 is 1.90 bits per heavy atom. The van der Waals surface area contributed by atoms with Gasteiger partial charge in [0, 0.05) is 12.5 Å². The molecule has 1 aromatic heterocycles. The third-order valence-electron chi connectivity index (χ3n) is 2.56. The number of carboxylic acids is 1. The highest BCUT2D eigenvalue weighted by molar-refractivity contribution is 6.38. The monoisotopic (exact) mass is 291 g/mol. The van der Waals surface area contributed by atoms with Crippen LogP contribution in [0, 0.1) is 5.82 Å². The fraction of sp³-hybridized carbons (Fsp3) is 0.0714.